The Morgan fingerprint density at radius 1 is 1.21 bits per heavy atom. The van der Waals surface area contributed by atoms with Crippen LogP contribution in [0.15, 0.2) is 41.9 Å². The van der Waals surface area contributed by atoms with E-state index in [1.165, 1.54) is 10.4 Å². The number of nitrogens with one attached hydrogen (secondary N) is 1. The van der Waals surface area contributed by atoms with E-state index in [0.717, 1.165) is 16.7 Å². The summed E-state index contributed by atoms with van der Waals surface area (Å²) in [5, 5.41) is 2.06. The van der Waals surface area contributed by atoms with Gasteiger partial charge in [-0.25, -0.2) is 10.4 Å². The van der Waals surface area contributed by atoms with Gasteiger partial charge in [-0.15, -0.1) is 11.3 Å². The minimum Gasteiger partial charge on any atom is -0.270 e. The summed E-state index contributed by atoms with van der Waals surface area (Å²) in [5.74, 6) is 5.70. The number of hydrogen-bond donors (Lipinski definition) is 2. The number of hydrogen-bond acceptors (Lipinski definition) is 5. The summed E-state index contributed by atoms with van der Waals surface area (Å²) in [6, 6.07) is 9.80. The van der Waals surface area contributed by atoms with Crippen LogP contribution in [-0.4, -0.2) is 9.97 Å². The number of para-hydroxylation sites is 2. The van der Waals surface area contributed by atoms with Crippen LogP contribution in [-0.2, 0) is 0 Å². The second kappa shape index (κ2) is 5.05. The van der Waals surface area contributed by atoms with Gasteiger partial charge in [-0.2, -0.15) is 0 Å². The van der Waals surface area contributed by atoms with Gasteiger partial charge in [0.05, 0.1) is 29.0 Å². The summed E-state index contributed by atoms with van der Waals surface area (Å²) < 4.78 is 0. The molecule has 1 aromatic carbocycles. The van der Waals surface area contributed by atoms with Crippen LogP contribution in [0.25, 0.3) is 11.0 Å². The molecule has 3 rings (SSSR count). The predicted octanol–water partition coefficient (Wildman–Crippen LogP) is 2.55. The summed E-state index contributed by atoms with van der Waals surface area (Å²) in [7, 11) is 0. The molecule has 0 aliphatic rings. The molecule has 2 aromatic heterocycles. The maximum absolute atomic E-state index is 5.70. The fraction of sp³-hybridized carbons (Fsp3) is 0.143. The Morgan fingerprint density at radius 2 is 2.00 bits per heavy atom. The first-order chi connectivity index (χ1) is 9.29. The average molecular weight is 270 g/mol. The second-order valence-electron chi connectivity index (χ2n) is 4.35. The van der Waals surface area contributed by atoms with Gasteiger partial charge in [0.15, 0.2) is 0 Å². The van der Waals surface area contributed by atoms with Crippen molar-refractivity contribution in [1.82, 2.24) is 15.4 Å². The number of hydrazine groups is 1. The molecule has 4 nitrogen and oxygen atoms in total. The van der Waals surface area contributed by atoms with E-state index in [9.17, 15) is 0 Å². The van der Waals surface area contributed by atoms with Crippen molar-refractivity contribution in [3.05, 3.63) is 58.0 Å². The first kappa shape index (κ1) is 12.2. The lowest BCUT2D eigenvalue weighted by Crippen LogP contribution is -2.29. The molecule has 5 heteroatoms. The van der Waals surface area contributed by atoms with Crippen molar-refractivity contribution in [2.75, 3.05) is 0 Å². The molecule has 0 radical (unpaired) electrons. The third-order valence-electron chi connectivity index (χ3n) is 3.09. The van der Waals surface area contributed by atoms with Crippen LogP contribution in [0.5, 0.6) is 0 Å². The second-order valence-corrected chi connectivity index (χ2v) is 5.30. The van der Waals surface area contributed by atoms with Crippen LogP contribution in [0.3, 0.4) is 0 Å². The molecule has 2 heterocycles. The smallest absolute Gasteiger partial charge is 0.0991 e. The maximum atomic E-state index is 5.70. The third kappa shape index (κ3) is 2.23. The molecule has 0 amide bonds. The molecular formula is C14H14N4S. The zero-order chi connectivity index (χ0) is 13.2. The van der Waals surface area contributed by atoms with E-state index in [-0.39, 0.29) is 6.04 Å². The highest BCUT2D eigenvalue weighted by Gasteiger charge is 2.18. The van der Waals surface area contributed by atoms with Crippen molar-refractivity contribution in [2.24, 2.45) is 5.84 Å². The monoisotopic (exact) mass is 270 g/mol. The van der Waals surface area contributed by atoms with Crippen molar-refractivity contribution in [1.29, 1.82) is 0 Å². The van der Waals surface area contributed by atoms with Gasteiger partial charge in [0.25, 0.3) is 0 Å². The number of fused-ring (bicyclic) bond motifs is 1. The summed E-state index contributed by atoms with van der Waals surface area (Å²) in [5.41, 5.74) is 6.66. The van der Waals surface area contributed by atoms with Crippen LogP contribution in [0, 0.1) is 6.92 Å². The molecule has 3 N–H and O–H groups in total. The summed E-state index contributed by atoms with van der Waals surface area (Å²) in [6.07, 6.45) is 1.78. The molecule has 3 aromatic rings. The number of aryl methyl sites for hydroxylation is 1. The van der Waals surface area contributed by atoms with Gasteiger partial charge in [-0.1, -0.05) is 12.1 Å². The van der Waals surface area contributed by atoms with Gasteiger partial charge in [0, 0.05) is 4.88 Å². The fourth-order valence-electron chi connectivity index (χ4n) is 2.09. The lowest BCUT2D eigenvalue weighted by Gasteiger charge is -2.15. The first-order valence-electron chi connectivity index (χ1n) is 6.01. The highest BCUT2D eigenvalue weighted by Crippen LogP contribution is 2.28. The molecule has 0 bridgehead atoms. The SMILES string of the molecule is Cc1ccsc1C(NN)c1cnc2ccccc2n1. The number of rotatable bonds is 3. The maximum Gasteiger partial charge on any atom is 0.0991 e. The Balaban J connectivity index is 2.09. The van der Waals surface area contributed by atoms with Crippen molar-refractivity contribution >= 4 is 22.4 Å². The van der Waals surface area contributed by atoms with Crippen LogP contribution in [0.4, 0.5) is 0 Å². The molecule has 19 heavy (non-hydrogen) atoms. The Labute approximate surface area is 115 Å². The molecule has 0 saturated carbocycles. The number of thiophene rings is 1. The van der Waals surface area contributed by atoms with E-state index in [0.29, 0.717) is 0 Å². The highest BCUT2D eigenvalue weighted by atomic mass is 32.1. The van der Waals surface area contributed by atoms with Gasteiger partial charge in [-0.05, 0) is 36.1 Å². The van der Waals surface area contributed by atoms with Crippen molar-refractivity contribution < 1.29 is 0 Å². The van der Waals surface area contributed by atoms with E-state index in [2.05, 4.69) is 33.8 Å². The molecular weight excluding hydrogens is 256 g/mol. The zero-order valence-corrected chi connectivity index (χ0v) is 11.3. The molecule has 1 atom stereocenters. The van der Waals surface area contributed by atoms with Crippen LogP contribution in [0.1, 0.15) is 22.2 Å². The number of benzene rings is 1. The summed E-state index contributed by atoms with van der Waals surface area (Å²) in [6.45, 7) is 2.07. The number of nitrogens with two attached hydrogens (primary N) is 1. The lowest BCUT2D eigenvalue weighted by atomic mass is 10.1. The van der Waals surface area contributed by atoms with E-state index in [1.54, 1.807) is 17.5 Å². The molecule has 1 unspecified atom stereocenters. The van der Waals surface area contributed by atoms with Gasteiger partial charge >= 0.3 is 0 Å². The molecule has 0 saturated heterocycles. The van der Waals surface area contributed by atoms with Crippen LogP contribution < -0.4 is 11.3 Å². The number of nitrogens with zero attached hydrogens (tertiary/aromatic N) is 2. The quantitative estimate of drug-likeness (QED) is 0.567. The minimum atomic E-state index is -0.114. The Kier molecular flexibility index (Phi) is 3.25. The van der Waals surface area contributed by atoms with Crippen molar-refractivity contribution in [2.45, 2.75) is 13.0 Å². The van der Waals surface area contributed by atoms with Gasteiger partial charge in [0.1, 0.15) is 0 Å². The van der Waals surface area contributed by atoms with E-state index in [1.807, 2.05) is 24.3 Å². The summed E-state index contributed by atoms with van der Waals surface area (Å²) >= 11 is 1.67. The highest BCUT2D eigenvalue weighted by molar-refractivity contribution is 7.10. The average Bonchev–Trinajstić information content (AvgIpc) is 2.86. The fourth-order valence-corrected chi connectivity index (χ4v) is 3.08. The Morgan fingerprint density at radius 3 is 2.68 bits per heavy atom. The Hall–Kier alpha value is -1.82. The normalized spacial score (nSPS) is 12.7. The van der Waals surface area contributed by atoms with Gasteiger partial charge < -0.3 is 0 Å². The molecule has 96 valence electrons. The van der Waals surface area contributed by atoms with Gasteiger partial charge in [-0.3, -0.25) is 10.8 Å². The lowest BCUT2D eigenvalue weighted by molar-refractivity contribution is 0.627. The minimum absolute atomic E-state index is 0.114. The first-order valence-corrected chi connectivity index (χ1v) is 6.89. The molecule has 0 aliphatic carbocycles. The Bertz CT molecular complexity index is 707. The third-order valence-corrected chi connectivity index (χ3v) is 4.18. The predicted molar refractivity (Wildman–Crippen MR) is 77.8 cm³/mol. The molecule has 0 spiro atoms. The zero-order valence-electron chi connectivity index (χ0n) is 10.5. The molecule has 0 aliphatic heterocycles. The number of aromatic nitrogens is 2. The topological polar surface area (TPSA) is 63.8 Å². The van der Waals surface area contributed by atoms with E-state index in [4.69, 9.17) is 5.84 Å². The summed E-state index contributed by atoms with van der Waals surface area (Å²) in [4.78, 5) is 10.3. The van der Waals surface area contributed by atoms with Crippen LogP contribution in [0.2, 0.25) is 0 Å². The van der Waals surface area contributed by atoms with Crippen molar-refractivity contribution in [3.63, 3.8) is 0 Å². The van der Waals surface area contributed by atoms with Crippen LogP contribution >= 0.6 is 11.3 Å². The van der Waals surface area contributed by atoms with Crippen molar-refractivity contribution in [3.8, 4) is 0 Å². The largest absolute Gasteiger partial charge is 0.270 e. The standard InChI is InChI=1S/C14H14N4S/c1-9-6-7-19-14(9)13(18-15)12-8-16-10-4-2-3-5-11(10)17-12/h2-8,13,18H,15H2,1H3. The van der Waals surface area contributed by atoms with Gasteiger partial charge in [0.2, 0.25) is 0 Å². The van der Waals surface area contributed by atoms with E-state index >= 15 is 0 Å². The van der Waals surface area contributed by atoms with E-state index < -0.39 is 0 Å². The molecule has 0 fully saturated rings.